The van der Waals surface area contributed by atoms with Crippen LogP contribution in [0.4, 0.5) is 4.39 Å². The number of halogens is 2. The fourth-order valence-corrected chi connectivity index (χ4v) is 3.66. The summed E-state index contributed by atoms with van der Waals surface area (Å²) in [5.74, 6) is -1.43. The lowest BCUT2D eigenvalue weighted by atomic mass is 9.85. The molecule has 1 unspecified atom stereocenters. The number of aromatic nitrogens is 1. The van der Waals surface area contributed by atoms with Gasteiger partial charge in [0.2, 0.25) is 5.56 Å². The van der Waals surface area contributed by atoms with Gasteiger partial charge < -0.3 is 20.2 Å². The van der Waals surface area contributed by atoms with Crippen LogP contribution in [0.1, 0.15) is 39.4 Å². The van der Waals surface area contributed by atoms with E-state index in [1.165, 1.54) is 16.7 Å². The van der Waals surface area contributed by atoms with Crippen molar-refractivity contribution in [3.8, 4) is 0 Å². The van der Waals surface area contributed by atoms with E-state index in [0.29, 0.717) is 22.3 Å². The van der Waals surface area contributed by atoms with Gasteiger partial charge in [-0.25, -0.2) is 4.39 Å². The van der Waals surface area contributed by atoms with Crippen molar-refractivity contribution in [3.05, 3.63) is 104 Å². The van der Waals surface area contributed by atoms with Crippen LogP contribution in [0.5, 0.6) is 0 Å². The summed E-state index contributed by atoms with van der Waals surface area (Å²) >= 11 is 5.93. The molecule has 3 N–H and O–H groups in total. The number of rotatable bonds is 8. The van der Waals surface area contributed by atoms with Gasteiger partial charge in [0.05, 0.1) is 12.3 Å². The Morgan fingerprint density at radius 2 is 1.85 bits per heavy atom. The van der Waals surface area contributed by atoms with Crippen LogP contribution in [0, 0.1) is 5.82 Å². The summed E-state index contributed by atoms with van der Waals surface area (Å²) in [6.07, 6.45) is 1.66. The number of aryl methyl sites for hydroxylation is 1. The lowest BCUT2D eigenvalue weighted by Gasteiger charge is -2.20. The first-order valence-electron chi connectivity index (χ1n) is 10.2. The van der Waals surface area contributed by atoms with Crippen molar-refractivity contribution in [3.63, 3.8) is 0 Å². The smallest absolute Gasteiger partial charge is 0.251 e. The third-order valence-electron chi connectivity index (χ3n) is 5.25. The first-order valence-corrected chi connectivity index (χ1v) is 10.5. The molecule has 0 aliphatic heterocycles. The van der Waals surface area contributed by atoms with E-state index in [4.69, 9.17) is 16.7 Å². The van der Waals surface area contributed by atoms with Gasteiger partial charge in [-0.1, -0.05) is 35.0 Å². The van der Waals surface area contributed by atoms with Gasteiger partial charge in [-0.2, -0.15) is 0 Å². The summed E-state index contributed by atoms with van der Waals surface area (Å²) in [5, 5.41) is 24.8. The molecule has 0 fully saturated rings. The largest absolute Gasteiger partial charge is 0.411 e. The predicted molar refractivity (Wildman–Crippen MR) is 124 cm³/mol. The van der Waals surface area contributed by atoms with Gasteiger partial charge in [0, 0.05) is 54.3 Å². The third-order valence-corrected chi connectivity index (χ3v) is 5.48. The van der Waals surface area contributed by atoms with Crippen molar-refractivity contribution >= 4 is 23.2 Å². The molecule has 0 bridgehead atoms. The molecule has 0 aliphatic rings. The molecule has 0 aliphatic carbocycles. The first-order chi connectivity index (χ1) is 15.8. The van der Waals surface area contributed by atoms with Gasteiger partial charge in [-0.05, 0) is 41.5 Å². The first kappa shape index (κ1) is 24.2. The van der Waals surface area contributed by atoms with E-state index in [9.17, 15) is 19.2 Å². The number of hydrogen-bond donors (Lipinski definition) is 3. The second kappa shape index (κ2) is 10.9. The maximum atomic E-state index is 14.9. The highest BCUT2D eigenvalue weighted by molar-refractivity contribution is 6.30. The summed E-state index contributed by atoms with van der Waals surface area (Å²) in [6, 6.07) is 13.9. The zero-order valence-electron chi connectivity index (χ0n) is 17.8. The van der Waals surface area contributed by atoms with Gasteiger partial charge in [0.25, 0.3) is 5.91 Å². The maximum Gasteiger partial charge on any atom is 0.251 e. The van der Waals surface area contributed by atoms with E-state index in [0.717, 1.165) is 0 Å². The number of aliphatic hydroxyl groups excluding tert-OH is 1. The summed E-state index contributed by atoms with van der Waals surface area (Å²) < 4.78 is 16.2. The lowest BCUT2D eigenvalue weighted by molar-refractivity contribution is 0.0944. The minimum atomic E-state index is -0.569. The van der Waals surface area contributed by atoms with Gasteiger partial charge in [0.15, 0.2) is 0 Å². The highest BCUT2D eigenvalue weighted by Gasteiger charge is 2.22. The number of carbonyl (C=O) groups excluding carboxylic acids is 1. The molecule has 3 rings (SSSR count). The molecule has 1 atom stereocenters. The molecule has 1 heterocycles. The minimum absolute atomic E-state index is 0.114. The van der Waals surface area contributed by atoms with Gasteiger partial charge in [0.1, 0.15) is 5.82 Å². The Labute approximate surface area is 194 Å². The van der Waals surface area contributed by atoms with Gasteiger partial charge in [-0.15, -0.1) is 0 Å². The monoisotopic (exact) mass is 471 g/mol. The summed E-state index contributed by atoms with van der Waals surface area (Å²) in [5.41, 5.74) is 1.96. The number of benzene rings is 2. The zero-order valence-corrected chi connectivity index (χ0v) is 18.6. The maximum absolute atomic E-state index is 14.9. The number of oxime groups is 1. The Hall–Kier alpha value is -3.49. The Morgan fingerprint density at radius 3 is 2.45 bits per heavy atom. The molecule has 9 heteroatoms. The van der Waals surface area contributed by atoms with Crippen molar-refractivity contribution in [1.82, 2.24) is 9.88 Å². The normalized spacial score (nSPS) is 12.4. The van der Waals surface area contributed by atoms with Crippen LogP contribution in [0.25, 0.3) is 0 Å². The minimum Gasteiger partial charge on any atom is -0.411 e. The molecule has 0 saturated carbocycles. The van der Waals surface area contributed by atoms with Crippen molar-refractivity contribution in [2.75, 3.05) is 13.2 Å². The number of nitrogens with zero attached hydrogens (tertiary/aromatic N) is 2. The molecule has 2 aromatic carbocycles. The third kappa shape index (κ3) is 5.85. The summed E-state index contributed by atoms with van der Waals surface area (Å²) in [7, 11) is 1.58. The van der Waals surface area contributed by atoms with E-state index in [1.54, 1.807) is 55.7 Å². The van der Waals surface area contributed by atoms with Crippen LogP contribution in [-0.4, -0.2) is 39.7 Å². The van der Waals surface area contributed by atoms with Crippen LogP contribution < -0.4 is 10.9 Å². The Bertz CT molecular complexity index is 1230. The van der Waals surface area contributed by atoms with Crippen LogP contribution in [-0.2, 0) is 7.05 Å². The molecule has 7 nitrogen and oxygen atoms in total. The van der Waals surface area contributed by atoms with Crippen LogP contribution in [0.3, 0.4) is 0 Å². The Balaban J connectivity index is 2.00. The van der Waals surface area contributed by atoms with Crippen LogP contribution >= 0.6 is 11.6 Å². The molecule has 1 amide bonds. The summed E-state index contributed by atoms with van der Waals surface area (Å²) in [6.45, 7) is -0.0365. The van der Waals surface area contributed by atoms with Gasteiger partial charge in [-0.3, -0.25) is 9.59 Å². The Morgan fingerprint density at radius 1 is 1.15 bits per heavy atom. The molecule has 0 radical (unpaired) electrons. The van der Waals surface area contributed by atoms with Crippen LogP contribution in [0.2, 0.25) is 5.02 Å². The second-order valence-corrected chi connectivity index (χ2v) is 7.87. The number of hydrogen-bond acceptors (Lipinski definition) is 5. The molecule has 172 valence electrons. The van der Waals surface area contributed by atoms with Gasteiger partial charge >= 0.3 is 0 Å². The van der Waals surface area contributed by atoms with E-state index in [2.05, 4.69) is 10.5 Å². The highest BCUT2D eigenvalue weighted by atomic mass is 35.5. The van der Waals surface area contributed by atoms with E-state index in [1.807, 2.05) is 0 Å². The molecule has 3 aromatic rings. The number of amides is 1. The average molecular weight is 472 g/mol. The van der Waals surface area contributed by atoms with E-state index < -0.39 is 11.7 Å². The molecule has 0 spiro atoms. The number of nitrogens with one attached hydrogen (secondary N) is 1. The molecular weight excluding hydrogens is 449 g/mol. The Kier molecular flexibility index (Phi) is 7.97. The fourth-order valence-electron chi connectivity index (χ4n) is 3.50. The van der Waals surface area contributed by atoms with E-state index >= 15 is 0 Å². The molecular formula is C24H23ClFN3O4. The molecule has 1 aromatic heterocycles. The summed E-state index contributed by atoms with van der Waals surface area (Å²) in [4.78, 5) is 23.9. The van der Waals surface area contributed by atoms with E-state index in [-0.39, 0.29) is 41.8 Å². The lowest BCUT2D eigenvalue weighted by Crippen LogP contribution is -2.26. The fraction of sp³-hybridized carbons (Fsp3) is 0.208. The standard InChI is InChI=1S/C24H23ClFN3O4/c1-29-14-17(6-9-23(29)31)22(28-33)13-20(19-8-7-18(25)12-21(19)26)15-2-4-16(5-3-15)24(32)27-10-11-30/h2-9,12,14,20,30,33H,10-11,13H2,1H3,(H,27,32)/b28-22-. The highest BCUT2D eigenvalue weighted by Crippen LogP contribution is 2.33. The van der Waals surface area contributed by atoms with Crippen molar-refractivity contribution in [1.29, 1.82) is 0 Å². The van der Waals surface area contributed by atoms with Crippen LogP contribution in [0.15, 0.2) is 70.7 Å². The molecule has 0 saturated heterocycles. The van der Waals surface area contributed by atoms with Crippen molar-refractivity contribution in [2.24, 2.45) is 12.2 Å². The number of pyridine rings is 1. The molecule has 33 heavy (non-hydrogen) atoms. The zero-order chi connectivity index (χ0) is 24.0. The average Bonchev–Trinajstić information content (AvgIpc) is 2.81. The quantitative estimate of drug-likeness (QED) is 0.266. The second-order valence-electron chi connectivity index (χ2n) is 7.44. The van der Waals surface area contributed by atoms with Crippen molar-refractivity contribution < 1.29 is 19.5 Å². The van der Waals surface area contributed by atoms with Crippen molar-refractivity contribution in [2.45, 2.75) is 12.3 Å². The SMILES string of the molecule is Cn1cc(/C(CC(c2ccc(C(=O)NCCO)cc2)c2ccc(Cl)cc2F)=N\O)ccc1=O. The number of aliphatic hydroxyl groups is 1. The predicted octanol–water partition coefficient (Wildman–Crippen LogP) is 3.30. The topological polar surface area (TPSA) is 104 Å². The number of carbonyl (C=O) groups is 1.